The van der Waals surface area contributed by atoms with Crippen LogP contribution in [0.1, 0.15) is 5.56 Å². The lowest BCUT2D eigenvalue weighted by atomic mass is 10.1. The van der Waals surface area contributed by atoms with Crippen LogP contribution in [0.25, 0.3) is 0 Å². The maximum absolute atomic E-state index is 10.5. The summed E-state index contributed by atoms with van der Waals surface area (Å²) in [6, 6.07) is 6.12. The summed E-state index contributed by atoms with van der Waals surface area (Å²) >= 11 is 1.88. The van der Waals surface area contributed by atoms with Crippen molar-refractivity contribution in [3.8, 4) is 15.8 Å². The number of nitrogens with two attached hydrogens (primary N) is 1. The number of hydrogen-bond acceptors (Lipinski definition) is 3. The summed E-state index contributed by atoms with van der Waals surface area (Å²) in [5.74, 6) is -0.382. The topological polar surface area (TPSA) is 72.5 Å². The highest BCUT2D eigenvalue weighted by Gasteiger charge is 2.11. The molecule has 1 atom stereocenters. The number of carbonyl (C=O) groups is 1. The van der Waals surface area contributed by atoms with E-state index >= 15 is 0 Å². The van der Waals surface area contributed by atoms with Crippen molar-refractivity contribution < 1.29 is 14.6 Å². The SMILES string of the molecule is N[C@@H](Cc1ccc(OC#CI)cc1)C(=O)O. The first kappa shape index (κ1) is 12.8. The molecule has 0 heterocycles. The van der Waals surface area contributed by atoms with Crippen LogP contribution < -0.4 is 10.5 Å². The molecule has 0 unspecified atom stereocenters. The second-order valence-corrected chi connectivity index (χ2v) is 3.63. The van der Waals surface area contributed by atoms with Gasteiger partial charge in [-0.2, -0.15) is 0 Å². The maximum Gasteiger partial charge on any atom is 0.320 e. The number of benzene rings is 1. The summed E-state index contributed by atoms with van der Waals surface area (Å²) in [6.07, 6.45) is 2.76. The molecule has 1 aromatic carbocycles. The molecule has 0 radical (unpaired) electrons. The van der Waals surface area contributed by atoms with Crippen LogP contribution in [0.15, 0.2) is 24.3 Å². The maximum atomic E-state index is 10.5. The van der Waals surface area contributed by atoms with E-state index in [1.54, 1.807) is 24.3 Å². The molecule has 0 spiro atoms. The highest BCUT2D eigenvalue weighted by molar-refractivity contribution is 14.1. The quantitative estimate of drug-likeness (QED) is 0.646. The first-order valence-electron chi connectivity index (χ1n) is 4.48. The van der Waals surface area contributed by atoms with Crippen molar-refractivity contribution in [1.82, 2.24) is 0 Å². The fourth-order valence-electron chi connectivity index (χ4n) is 1.11. The third-order valence-corrected chi connectivity index (χ3v) is 2.12. The van der Waals surface area contributed by atoms with E-state index in [1.807, 2.05) is 22.6 Å². The standard InChI is InChI=1S/C11H10INO3/c12-5-6-16-9-3-1-8(2-4-9)7-10(13)11(14)15/h1-4,10H,7,13H2,(H,14,15)/t10-/m0/s1. The first-order valence-corrected chi connectivity index (χ1v) is 5.56. The van der Waals surface area contributed by atoms with Crippen LogP contribution in [-0.4, -0.2) is 17.1 Å². The summed E-state index contributed by atoms with van der Waals surface area (Å²) in [5, 5.41) is 8.65. The largest absolute Gasteiger partial charge is 0.480 e. The molecule has 0 amide bonds. The van der Waals surface area contributed by atoms with E-state index in [0.717, 1.165) is 5.56 Å². The molecule has 0 fully saturated rings. The van der Waals surface area contributed by atoms with Crippen LogP contribution in [0, 0.1) is 10.0 Å². The highest BCUT2D eigenvalue weighted by atomic mass is 127. The van der Waals surface area contributed by atoms with Gasteiger partial charge in [-0.1, -0.05) is 12.1 Å². The van der Waals surface area contributed by atoms with Crippen molar-refractivity contribution in [1.29, 1.82) is 0 Å². The van der Waals surface area contributed by atoms with E-state index in [0.29, 0.717) is 12.2 Å². The fraction of sp³-hybridized carbons (Fsp3) is 0.182. The Hall–Kier alpha value is -1.26. The van der Waals surface area contributed by atoms with Gasteiger partial charge in [0, 0.05) is 26.5 Å². The lowest BCUT2D eigenvalue weighted by Crippen LogP contribution is -2.32. The molecule has 5 heteroatoms. The van der Waals surface area contributed by atoms with Crippen molar-refractivity contribution in [2.45, 2.75) is 12.5 Å². The van der Waals surface area contributed by atoms with Gasteiger partial charge in [-0.15, -0.1) is 0 Å². The molecular formula is C11H10INO3. The van der Waals surface area contributed by atoms with Gasteiger partial charge in [0.05, 0.1) is 0 Å². The molecule has 1 rings (SSSR count). The molecule has 0 aliphatic carbocycles. The highest BCUT2D eigenvalue weighted by Crippen LogP contribution is 2.12. The molecule has 0 saturated carbocycles. The number of ether oxygens (including phenoxy) is 1. The Kier molecular flexibility index (Phi) is 5.08. The second kappa shape index (κ2) is 6.35. The lowest BCUT2D eigenvalue weighted by Gasteiger charge is -2.06. The second-order valence-electron chi connectivity index (χ2n) is 3.09. The molecule has 0 aliphatic heterocycles. The normalized spacial score (nSPS) is 11.1. The Labute approximate surface area is 107 Å². The van der Waals surface area contributed by atoms with Crippen molar-refractivity contribution >= 4 is 28.6 Å². The van der Waals surface area contributed by atoms with Crippen LogP contribution in [-0.2, 0) is 11.2 Å². The van der Waals surface area contributed by atoms with E-state index in [9.17, 15) is 4.79 Å². The Bertz CT molecular complexity index is 419. The number of hydrogen-bond donors (Lipinski definition) is 2. The number of rotatable bonds is 4. The molecule has 0 aromatic heterocycles. The van der Waals surface area contributed by atoms with Crippen LogP contribution >= 0.6 is 22.6 Å². The molecule has 1 aromatic rings. The predicted octanol–water partition coefficient (Wildman–Crippen LogP) is 1.37. The van der Waals surface area contributed by atoms with Gasteiger partial charge in [-0.3, -0.25) is 4.79 Å². The Morgan fingerprint density at radius 2 is 2.12 bits per heavy atom. The van der Waals surface area contributed by atoms with Crippen LogP contribution in [0.5, 0.6) is 5.75 Å². The zero-order valence-corrected chi connectivity index (χ0v) is 10.5. The molecule has 16 heavy (non-hydrogen) atoms. The van der Waals surface area contributed by atoms with E-state index in [2.05, 4.69) is 10.0 Å². The molecule has 3 N–H and O–H groups in total. The molecule has 0 saturated heterocycles. The van der Waals surface area contributed by atoms with E-state index in [4.69, 9.17) is 15.6 Å². The van der Waals surface area contributed by atoms with E-state index in [1.165, 1.54) is 0 Å². The van der Waals surface area contributed by atoms with Crippen molar-refractivity contribution in [2.75, 3.05) is 0 Å². The fourth-order valence-corrected chi connectivity index (χ4v) is 1.22. The van der Waals surface area contributed by atoms with Crippen molar-refractivity contribution in [2.24, 2.45) is 5.73 Å². The monoisotopic (exact) mass is 331 g/mol. The zero-order chi connectivity index (χ0) is 12.0. The first-order chi connectivity index (χ1) is 7.63. The third kappa shape index (κ3) is 4.08. The Morgan fingerprint density at radius 1 is 1.50 bits per heavy atom. The van der Waals surface area contributed by atoms with Gasteiger partial charge >= 0.3 is 5.97 Å². The number of carboxylic acids is 1. The molecular weight excluding hydrogens is 321 g/mol. The number of aliphatic carboxylic acids is 1. The van der Waals surface area contributed by atoms with Crippen LogP contribution in [0.2, 0.25) is 0 Å². The van der Waals surface area contributed by atoms with Crippen LogP contribution in [0.3, 0.4) is 0 Å². The van der Waals surface area contributed by atoms with Gasteiger partial charge in [0.25, 0.3) is 0 Å². The lowest BCUT2D eigenvalue weighted by molar-refractivity contribution is -0.138. The summed E-state index contributed by atoms with van der Waals surface area (Å²) < 4.78 is 7.62. The Balaban J connectivity index is 2.63. The van der Waals surface area contributed by atoms with E-state index < -0.39 is 12.0 Å². The average molecular weight is 331 g/mol. The average Bonchev–Trinajstić information content (AvgIpc) is 2.28. The van der Waals surface area contributed by atoms with Gasteiger partial charge in [-0.25, -0.2) is 0 Å². The summed E-state index contributed by atoms with van der Waals surface area (Å²) in [5.41, 5.74) is 6.26. The molecule has 0 aliphatic rings. The van der Waals surface area contributed by atoms with Gasteiger partial charge in [0.1, 0.15) is 17.9 Å². The number of halogens is 1. The minimum absolute atomic E-state index is 0.299. The summed E-state index contributed by atoms with van der Waals surface area (Å²) in [7, 11) is 0. The Morgan fingerprint density at radius 3 is 2.62 bits per heavy atom. The molecule has 4 nitrogen and oxygen atoms in total. The van der Waals surface area contributed by atoms with Gasteiger partial charge < -0.3 is 15.6 Å². The summed E-state index contributed by atoms with van der Waals surface area (Å²) in [6.45, 7) is 0. The molecule has 84 valence electrons. The van der Waals surface area contributed by atoms with Gasteiger partial charge in [-0.05, 0) is 24.1 Å². The van der Waals surface area contributed by atoms with E-state index in [-0.39, 0.29) is 0 Å². The molecule has 0 bridgehead atoms. The van der Waals surface area contributed by atoms with Crippen molar-refractivity contribution in [3.63, 3.8) is 0 Å². The van der Waals surface area contributed by atoms with Crippen molar-refractivity contribution in [3.05, 3.63) is 29.8 Å². The van der Waals surface area contributed by atoms with Gasteiger partial charge in [0.2, 0.25) is 0 Å². The summed E-state index contributed by atoms with van der Waals surface area (Å²) in [4.78, 5) is 10.5. The number of carboxylic acid groups (broad SMARTS) is 1. The minimum Gasteiger partial charge on any atom is -0.480 e. The predicted molar refractivity (Wildman–Crippen MR) is 68.2 cm³/mol. The zero-order valence-electron chi connectivity index (χ0n) is 8.31. The minimum atomic E-state index is -1.00. The third-order valence-electron chi connectivity index (χ3n) is 1.90. The van der Waals surface area contributed by atoms with Crippen LogP contribution in [0.4, 0.5) is 0 Å². The smallest absolute Gasteiger partial charge is 0.320 e. The van der Waals surface area contributed by atoms with Gasteiger partial charge in [0.15, 0.2) is 0 Å².